The third-order valence-corrected chi connectivity index (χ3v) is 13.4. The van der Waals surface area contributed by atoms with Crippen LogP contribution in [0, 0.1) is 17.8 Å². The zero-order valence-corrected chi connectivity index (χ0v) is 35.3. The van der Waals surface area contributed by atoms with E-state index < -0.39 is 24.3 Å². The van der Waals surface area contributed by atoms with Crippen LogP contribution in [-0.2, 0) is 30.4 Å². The Bertz CT molecular complexity index is 2250. The molecule has 3 aliphatic heterocycles. The molecule has 0 spiro atoms. The number of ether oxygens (including phenoxy) is 3. The summed E-state index contributed by atoms with van der Waals surface area (Å²) < 4.78 is 15.9. The highest BCUT2D eigenvalue weighted by molar-refractivity contribution is 5.88. The van der Waals surface area contributed by atoms with Crippen LogP contribution in [0.4, 0.5) is 9.59 Å². The van der Waals surface area contributed by atoms with Gasteiger partial charge < -0.3 is 44.6 Å². The maximum atomic E-state index is 14.1. The fraction of sp³-hybridized carbons (Fsp3) is 0.522. The number of likely N-dealkylation sites (tertiary alicyclic amines) is 1. The van der Waals surface area contributed by atoms with Crippen molar-refractivity contribution in [2.45, 2.75) is 114 Å². The van der Waals surface area contributed by atoms with E-state index in [1.165, 1.54) is 14.2 Å². The second kappa shape index (κ2) is 17.0. The molecule has 2 saturated carbocycles. The van der Waals surface area contributed by atoms with Gasteiger partial charge in [0.15, 0.2) is 0 Å². The summed E-state index contributed by atoms with van der Waals surface area (Å²) in [6.07, 6.45) is 8.47. The number of fused-ring (bicyclic) bond motifs is 7. The van der Waals surface area contributed by atoms with Crippen molar-refractivity contribution in [1.29, 1.82) is 0 Å². The number of aromatic nitrogens is 4. The number of carbonyl (C=O) groups excluding carboxylic acids is 4. The number of alkyl carbamates (subject to hydrolysis) is 2. The number of nitrogens with zero attached hydrogens (tertiary/aromatic N) is 4. The summed E-state index contributed by atoms with van der Waals surface area (Å²) in [6.45, 7) is 4.86. The fourth-order valence-corrected chi connectivity index (χ4v) is 9.86. The summed E-state index contributed by atoms with van der Waals surface area (Å²) in [4.78, 5) is 73.2. The van der Waals surface area contributed by atoms with E-state index in [0.717, 1.165) is 102 Å². The van der Waals surface area contributed by atoms with E-state index in [1.54, 1.807) is 0 Å². The van der Waals surface area contributed by atoms with Crippen molar-refractivity contribution >= 4 is 24.0 Å². The van der Waals surface area contributed by atoms with E-state index >= 15 is 0 Å². The Balaban J connectivity index is 0.913. The van der Waals surface area contributed by atoms with Crippen LogP contribution in [-0.4, -0.2) is 98.7 Å². The van der Waals surface area contributed by atoms with E-state index in [9.17, 15) is 19.2 Å². The maximum Gasteiger partial charge on any atom is 0.407 e. The van der Waals surface area contributed by atoms with Crippen LogP contribution < -0.4 is 10.6 Å². The first-order chi connectivity index (χ1) is 29.6. The van der Waals surface area contributed by atoms with Crippen LogP contribution in [0.3, 0.4) is 0 Å². The number of methoxy groups -OCH3 is 2. The second-order valence-electron chi connectivity index (χ2n) is 17.7. The van der Waals surface area contributed by atoms with Crippen molar-refractivity contribution in [3.63, 3.8) is 0 Å². The molecule has 4 fully saturated rings. The highest BCUT2D eigenvalue weighted by Crippen LogP contribution is 2.54. The number of hydrogen-bond acceptors (Lipinski definition) is 9. The third-order valence-electron chi connectivity index (χ3n) is 13.4. The second-order valence-corrected chi connectivity index (χ2v) is 17.7. The largest absolute Gasteiger partial charge is 0.453 e. The molecule has 15 nitrogen and oxygen atoms in total. The van der Waals surface area contributed by atoms with Gasteiger partial charge in [0.05, 0.1) is 56.2 Å². The smallest absolute Gasteiger partial charge is 0.407 e. The Morgan fingerprint density at radius 3 is 2.16 bits per heavy atom. The first-order valence-electron chi connectivity index (χ1n) is 21.9. The average Bonchev–Trinajstić information content (AvgIpc) is 3.90. The molecule has 61 heavy (non-hydrogen) atoms. The van der Waals surface area contributed by atoms with Gasteiger partial charge in [-0.05, 0) is 73.0 Å². The summed E-state index contributed by atoms with van der Waals surface area (Å²) in [6, 6.07) is 15.3. The first-order valence-corrected chi connectivity index (χ1v) is 21.9. The highest BCUT2D eigenvalue weighted by atomic mass is 16.5. The molecule has 2 aromatic carbocycles. The number of nitrogens with one attached hydrogen (secondary N) is 4. The summed E-state index contributed by atoms with van der Waals surface area (Å²) in [5.74, 6) is 2.11. The van der Waals surface area contributed by atoms with Gasteiger partial charge in [0, 0.05) is 24.3 Å². The predicted octanol–water partition coefficient (Wildman–Crippen LogP) is 7.04. The maximum absolute atomic E-state index is 14.1. The van der Waals surface area contributed by atoms with E-state index in [-0.39, 0.29) is 41.9 Å². The molecule has 2 aromatic heterocycles. The average molecular weight is 833 g/mol. The summed E-state index contributed by atoms with van der Waals surface area (Å²) in [5.41, 5.74) is 6.62. The minimum absolute atomic E-state index is 0.0655. The van der Waals surface area contributed by atoms with Gasteiger partial charge >= 0.3 is 12.2 Å². The van der Waals surface area contributed by atoms with E-state index in [2.05, 4.69) is 69.1 Å². The van der Waals surface area contributed by atoms with Crippen molar-refractivity contribution in [1.82, 2.24) is 40.4 Å². The number of aromatic amines is 2. The molecule has 4 N–H and O–H groups in total. The monoisotopic (exact) mass is 832 g/mol. The summed E-state index contributed by atoms with van der Waals surface area (Å²) in [7, 11) is 2.63. The van der Waals surface area contributed by atoms with Gasteiger partial charge in [0.25, 0.3) is 0 Å². The summed E-state index contributed by atoms with van der Waals surface area (Å²) >= 11 is 0. The minimum Gasteiger partial charge on any atom is -0.453 e. The lowest BCUT2D eigenvalue weighted by Crippen LogP contribution is -2.52. The molecule has 4 amide bonds. The predicted molar refractivity (Wildman–Crippen MR) is 225 cm³/mol. The molecule has 8 atom stereocenters. The van der Waals surface area contributed by atoms with Crippen molar-refractivity contribution in [2.24, 2.45) is 17.8 Å². The zero-order chi connectivity index (χ0) is 42.4. The van der Waals surface area contributed by atoms with Gasteiger partial charge in [0.1, 0.15) is 23.7 Å². The van der Waals surface area contributed by atoms with Crippen LogP contribution in [0.15, 0.2) is 54.7 Å². The Morgan fingerprint density at radius 2 is 1.44 bits per heavy atom. The molecular weight excluding hydrogens is 777 g/mol. The SMILES string of the molecule is COC(=O)N[C@H]1CCCCCCOCc2[nH]c(nc2-c2ccc(-c3ccc(-c4cnc([C@@H]5C[C@H]6C[C@H]6N5C(=O)[C@@H](NC(=O)OC)C(C)C)[nH]4)cc3)cc2)[C@@H]2C[C@H]3C[C@H]3N2C1=O. The Hall–Kier alpha value is -5.70. The van der Waals surface area contributed by atoms with Crippen LogP contribution >= 0.6 is 0 Å². The van der Waals surface area contributed by atoms with Crippen molar-refractivity contribution in [2.75, 3.05) is 20.8 Å². The molecule has 5 aliphatic rings. The number of piperidine rings is 2. The number of rotatable bonds is 8. The molecule has 2 saturated heterocycles. The third kappa shape index (κ3) is 8.23. The van der Waals surface area contributed by atoms with Crippen LogP contribution in [0.25, 0.3) is 33.6 Å². The Labute approximate surface area is 355 Å². The van der Waals surface area contributed by atoms with Gasteiger partial charge in [0.2, 0.25) is 11.8 Å². The Kier molecular flexibility index (Phi) is 11.3. The fourth-order valence-electron chi connectivity index (χ4n) is 9.86. The van der Waals surface area contributed by atoms with Crippen molar-refractivity contribution < 1.29 is 33.4 Å². The molecule has 15 heteroatoms. The lowest BCUT2D eigenvalue weighted by Gasteiger charge is -2.31. The van der Waals surface area contributed by atoms with Gasteiger partial charge in [-0.1, -0.05) is 81.6 Å². The molecule has 0 unspecified atom stereocenters. The van der Waals surface area contributed by atoms with Gasteiger partial charge in [-0.15, -0.1) is 0 Å². The molecular formula is C46H56N8O7. The molecule has 2 aliphatic carbocycles. The number of hydrogen-bond donors (Lipinski definition) is 4. The number of carbonyl (C=O) groups is 4. The van der Waals surface area contributed by atoms with E-state index in [0.29, 0.717) is 31.5 Å². The normalized spacial score (nSPS) is 26.3. The van der Waals surface area contributed by atoms with Gasteiger partial charge in [-0.3, -0.25) is 9.59 Å². The molecule has 0 radical (unpaired) electrons. The lowest BCUT2D eigenvalue weighted by atomic mass is 10.0. The van der Waals surface area contributed by atoms with Crippen LogP contribution in [0.5, 0.6) is 0 Å². The lowest BCUT2D eigenvalue weighted by molar-refractivity contribution is -0.137. The Morgan fingerprint density at radius 1 is 0.787 bits per heavy atom. The first kappa shape index (κ1) is 40.7. The number of imidazole rings is 2. The zero-order valence-electron chi connectivity index (χ0n) is 35.3. The van der Waals surface area contributed by atoms with E-state index in [4.69, 9.17) is 24.2 Å². The minimum atomic E-state index is -0.681. The van der Waals surface area contributed by atoms with Gasteiger partial charge in [-0.25, -0.2) is 19.6 Å². The standard InChI is InChI=1S/C46H56N8O7/c1-25(2)39(52-46(58)60-4)44(56)54-36-20-30(36)21-37(54)41-47-23-33(48-41)28-14-10-26(11-15-28)27-12-16-29(17-13-27)40-34-24-61-18-8-6-5-7-9-32(50-45(57)59-3)43(55)53-35-19-31(35)22-38(53)42(49-34)51-40/h10-17,23,25,30-32,35-39H,5-9,18-22,24H2,1-4H3,(H,47,48)(H,49,51)(H,50,57)(H,52,58)/t30-,31-,32+,35-,36-,37+,38+,39+/m1/s1. The van der Waals surface area contributed by atoms with Crippen molar-refractivity contribution in [3.05, 3.63) is 72.1 Å². The molecule has 4 aromatic rings. The number of H-pyrrole nitrogens is 2. The van der Waals surface area contributed by atoms with Crippen LogP contribution in [0.1, 0.15) is 101 Å². The van der Waals surface area contributed by atoms with Crippen molar-refractivity contribution in [3.8, 4) is 33.6 Å². The molecule has 322 valence electrons. The quantitative estimate of drug-likeness (QED) is 0.145. The van der Waals surface area contributed by atoms with E-state index in [1.807, 2.05) is 29.8 Å². The van der Waals surface area contributed by atoms with Crippen LogP contribution in [0.2, 0.25) is 0 Å². The molecule has 5 heterocycles. The molecule has 2 bridgehead atoms. The topological polar surface area (TPSA) is 184 Å². The number of amides is 4. The highest BCUT2D eigenvalue weighted by Gasteiger charge is 2.57. The molecule has 9 rings (SSSR count). The number of benzene rings is 2. The van der Waals surface area contributed by atoms with Gasteiger partial charge in [-0.2, -0.15) is 0 Å². The summed E-state index contributed by atoms with van der Waals surface area (Å²) in [5, 5.41) is 5.57.